The van der Waals surface area contributed by atoms with Crippen molar-refractivity contribution in [3.8, 4) is 0 Å². The Balaban J connectivity index is 1.41. The maximum Gasteiger partial charge on any atom is 0.283 e. The quantitative estimate of drug-likeness (QED) is 0.647. The van der Waals surface area contributed by atoms with Crippen molar-refractivity contribution in [2.45, 2.75) is 59.2 Å². The van der Waals surface area contributed by atoms with E-state index in [4.69, 9.17) is 0 Å². The largest absolute Gasteiger partial charge is 0.380 e. The lowest BCUT2D eigenvalue weighted by atomic mass is 9.45. The first-order valence-corrected chi connectivity index (χ1v) is 11.7. The number of rotatable bonds is 6. The molecule has 0 saturated heterocycles. The van der Waals surface area contributed by atoms with Gasteiger partial charge in [0.25, 0.3) is 5.56 Å². The van der Waals surface area contributed by atoms with E-state index in [0.29, 0.717) is 33.5 Å². The van der Waals surface area contributed by atoms with Gasteiger partial charge in [-0.1, -0.05) is 20.8 Å². The zero-order valence-electron chi connectivity index (χ0n) is 18.4. The Kier molecular flexibility index (Phi) is 5.94. The van der Waals surface area contributed by atoms with Crippen LogP contribution in [0.2, 0.25) is 0 Å². The molecule has 2 aromatic heterocycles. The molecule has 2 bridgehead atoms. The maximum atomic E-state index is 12.8. The van der Waals surface area contributed by atoms with Crippen LogP contribution in [0.5, 0.6) is 0 Å². The third kappa shape index (κ3) is 4.14. The number of nitrogens with one attached hydrogen (secondary N) is 2. The minimum atomic E-state index is -0.314. The number of pyridine rings is 1. The Labute approximate surface area is 191 Å². The number of hydrogen-bond donors (Lipinski definition) is 2. The summed E-state index contributed by atoms with van der Waals surface area (Å²) in [5.74, 6) is 1.70. The Bertz CT molecular complexity index is 1020. The number of amides is 1. The molecule has 1 amide bonds. The van der Waals surface area contributed by atoms with Crippen molar-refractivity contribution < 1.29 is 4.79 Å². The van der Waals surface area contributed by atoms with Gasteiger partial charge in [0.1, 0.15) is 11.0 Å². The number of halogens is 1. The molecule has 0 aliphatic heterocycles. The summed E-state index contributed by atoms with van der Waals surface area (Å²) in [4.78, 5) is 29.2. The van der Waals surface area contributed by atoms with Gasteiger partial charge in [0.05, 0.1) is 17.9 Å². The molecule has 8 heteroatoms. The summed E-state index contributed by atoms with van der Waals surface area (Å²) in [6.45, 7) is 8.81. The van der Waals surface area contributed by atoms with Crippen LogP contribution in [0.25, 0.3) is 0 Å². The standard InChI is InChI=1S/C23H30BrN5O2/c1-13-17-9-16(23(17,3)4)10-18(13)28-19-11-26-29(22(31)21(19)24)12-20(30)27-14(2)15-5-7-25-8-6-15/h5-8,11,13-14,16-18,28H,9-10,12H2,1-4H3,(H,27,30)/t13-,14+,16-,17+,18-/m1/s1. The summed E-state index contributed by atoms with van der Waals surface area (Å²) in [5.41, 5.74) is 1.75. The molecule has 2 aromatic rings. The van der Waals surface area contributed by atoms with Gasteiger partial charge in [-0.25, -0.2) is 4.68 Å². The van der Waals surface area contributed by atoms with Crippen molar-refractivity contribution in [3.63, 3.8) is 0 Å². The molecule has 0 unspecified atom stereocenters. The SMILES string of the molecule is C[C@H]1[C@H](Nc2cnn(CC(=O)N[C@@H](C)c3ccncc3)c(=O)c2Br)C[C@H]2C[C@@H]1C2(C)C. The number of hydrogen-bond acceptors (Lipinski definition) is 5. The van der Waals surface area contributed by atoms with E-state index in [1.54, 1.807) is 18.6 Å². The molecular weight excluding hydrogens is 458 g/mol. The minimum Gasteiger partial charge on any atom is -0.380 e. The summed E-state index contributed by atoms with van der Waals surface area (Å²) in [6, 6.07) is 3.85. The maximum absolute atomic E-state index is 12.8. The predicted molar refractivity (Wildman–Crippen MR) is 124 cm³/mol. The van der Waals surface area contributed by atoms with Gasteiger partial charge in [-0.2, -0.15) is 5.10 Å². The second-order valence-electron chi connectivity index (χ2n) is 9.61. The molecule has 5 atom stereocenters. The van der Waals surface area contributed by atoms with Crippen molar-refractivity contribution in [2.75, 3.05) is 5.32 Å². The Hall–Kier alpha value is -2.22. The summed E-state index contributed by atoms with van der Waals surface area (Å²) >= 11 is 3.43. The van der Waals surface area contributed by atoms with E-state index in [0.717, 1.165) is 17.9 Å². The summed E-state index contributed by atoms with van der Waals surface area (Å²) in [7, 11) is 0. The number of carbonyl (C=O) groups is 1. The molecule has 3 aliphatic carbocycles. The monoisotopic (exact) mass is 487 g/mol. The highest BCUT2D eigenvalue weighted by molar-refractivity contribution is 9.10. The summed E-state index contributed by atoms with van der Waals surface area (Å²) < 4.78 is 1.61. The highest BCUT2D eigenvalue weighted by Gasteiger charge is 2.56. The molecule has 0 aromatic carbocycles. The summed E-state index contributed by atoms with van der Waals surface area (Å²) in [5, 5.41) is 10.7. The van der Waals surface area contributed by atoms with E-state index in [1.807, 2.05) is 19.1 Å². The van der Waals surface area contributed by atoms with Crippen molar-refractivity contribution in [2.24, 2.45) is 23.2 Å². The van der Waals surface area contributed by atoms with Crippen LogP contribution in [0.4, 0.5) is 5.69 Å². The van der Waals surface area contributed by atoms with Crippen molar-refractivity contribution >= 4 is 27.5 Å². The van der Waals surface area contributed by atoms with E-state index in [2.05, 4.69) is 57.4 Å². The number of carbonyl (C=O) groups excluding carboxylic acids is 1. The van der Waals surface area contributed by atoms with Crippen LogP contribution in [-0.2, 0) is 11.3 Å². The molecule has 7 nitrogen and oxygen atoms in total. The molecule has 0 spiro atoms. The van der Waals surface area contributed by atoms with Crippen LogP contribution >= 0.6 is 15.9 Å². The summed E-state index contributed by atoms with van der Waals surface area (Å²) in [6.07, 6.45) is 7.42. The van der Waals surface area contributed by atoms with E-state index in [9.17, 15) is 9.59 Å². The predicted octanol–water partition coefficient (Wildman–Crippen LogP) is 3.76. The van der Waals surface area contributed by atoms with E-state index in [-0.39, 0.29) is 24.1 Å². The van der Waals surface area contributed by atoms with Gasteiger partial charge >= 0.3 is 0 Å². The zero-order chi connectivity index (χ0) is 22.3. The molecule has 5 rings (SSSR count). The van der Waals surface area contributed by atoms with Crippen molar-refractivity contribution in [3.05, 3.63) is 51.1 Å². The molecule has 2 heterocycles. The van der Waals surface area contributed by atoms with Crippen LogP contribution in [0, 0.1) is 23.2 Å². The number of aromatic nitrogens is 3. The van der Waals surface area contributed by atoms with E-state index >= 15 is 0 Å². The van der Waals surface area contributed by atoms with Gasteiger partial charge in [0, 0.05) is 18.4 Å². The van der Waals surface area contributed by atoms with Crippen LogP contribution in [0.15, 0.2) is 40.0 Å². The lowest BCUT2D eigenvalue weighted by Crippen LogP contribution is -2.58. The fourth-order valence-corrected chi connectivity index (χ4v) is 5.80. The zero-order valence-corrected chi connectivity index (χ0v) is 20.0. The van der Waals surface area contributed by atoms with Crippen LogP contribution in [0.1, 0.15) is 52.1 Å². The molecule has 2 N–H and O–H groups in total. The molecular formula is C23H30BrN5O2. The lowest BCUT2D eigenvalue weighted by molar-refractivity contribution is -0.122. The molecule has 3 saturated carbocycles. The first-order valence-electron chi connectivity index (χ1n) is 10.9. The Morgan fingerprint density at radius 2 is 2.03 bits per heavy atom. The molecule has 3 aliphatic rings. The highest BCUT2D eigenvalue weighted by atomic mass is 79.9. The molecule has 0 radical (unpaired) electrons. The average molecular weight is 488 g/mol. The third-order valence-electron chi connectivity index (χ3n) is 7.56. The van der Waals surface area contributed by atoms with Gasteiger partial charge in [-0.05, 0) is 76.6 Å². The van der Waals surface area contributed by atoms with Gasteiger partial charge in [0.15, 0.2) is 0 Å². The second kappa shape index (κ2) is 8.37. The Morgan fingerprint density at radius 3 is 2.68 bits per heavy atom. The van der Waals surface area contributed by atoms with Crippen molar-refractivity contribution in [1.82, 2.24) is 20.1 Å². The van der Waals surface area contributed by atoms with Gasteiger partial charge in [0.2, 0.25) is 5.91 Å². The highest BCUT2D eigenvalue weighted by Crippen LogP contribution is 2.61. The first-order chi connectivity index (χ1) is 14.7. The smallest absolute Gasteiger partial charge is 0.283 e. The number of nitrogens with zero attached hydrogens (tertiary/aromatic N) is 3. The fourth-order valence-electron chi connectivity index (χ4n) is 5.38. The first kappa shape index (κ1) is 22.0. The molecule has 166 valence electrons. The second-order valence-corrected chi connectivity index (χ2v) is 10.4. The van der Waals surface area contributed by atoms with Crippen LogP contribution < -0.4 is 16.2 Å². The third-order valence-corrected chi connectivity index (χ3v) is 8.32. The number of anilines is 1. The van der Waals surface area contributed by atoms with Crippen LogP contribution in [-0.4, -0.2) is 26.7 Å². The lowest BCUT2D eigenvalue weighted by Gasteiger charge is -2.62. The van der Waals surface area contributed by atoms with E-state index in [1.165, 1.54) is 11.1 Å². The topological polar surface area (TPSA) is 88.9 Å². The fraction of sp³-hybridized carbons (Fsp3) is 0.565. The molecule has 31 heavy (non-hydrogen) atoms. The minimum absolute atomic E-state index is 0.134. The number of fused-ring (bicyclic) bond motifs is 2. The van der Waals surface area contributed by atoms with E-state index < -0.39 is 0 Å². The van der Waals surface area contributed by atoms with Gasteiger partial charge in [-0.3, -0.25) is 14.6 Å². The molecule has 3 fully saturated rings. The normalized spacial score (nSPS) is 27.1. The van der Waals surface area contributed by atoms with Crippen LogP contribution in [0.3, 0.4) is 0 Å². The Morgan fingerprint density at radius 1 is 1.32 bits per heavy atom. The van der Waals surface area contributed by atoms with Gasteiger partial charge in [-0.15, -0.1) is 0 Å². The van der Waals surface area contributed by atoms with Crippen molar-refractivity contribution in [1.29, 1.82) is 0 Å². The average Bonchev–Trinajstić information content (AvgIpc) is 2.74. The van der Waals surface area contributed by atoms with Gasteiger partial charge < -0.3 is 10.6 Å².